The highest BCUT2D eigenvalue weighted by Crippen LogP contribution is 2.29. The van der Waals surface area contributed by atoms with Crippen molar-refractivity contribution in [1.82, 2.24) is 15.1 Å². The lowest BCUT2D eigenvalue weighted by Crippen LogP contribution is -2.39. The molecule has 1 heterocycles. The summed E-state index contributed by atoms with van der Waals surface area (Å²) in [6.07, 6.45) is -0.656. The SMILES string of the molecule is CCCC(CNC(C)(C)C)n1cc(C(F)(F)F)cn1. The van der Waals surface area contributed by atoms with E-state index < -0.39 is 11.7 Å². The largest absolute Gasteiger partial charge is 0.419 e. The summed E-state index contributed by atoms with van der Waals surface area (Å²) in [7, 11) is 0. The molecule has 1 aromatic rings. The summed E-state index contributed by atoms with van der Waals surface area (Å²) in [6.45, 7) is 8.70. The molecule has 0 aliphatic carbocycles. The zero-order valence-corrected chi connectivity index (χ0v) is 11.9. The van der Waals surface area contributed by atoms with Crippen LogP contribution in [0.5, 0.6) is 0 Å². The number of aromatic nitrogens is 2. The lowest BCUT2D eigenvalue weighted by molar-refractivity contribution is -0.137. The molecule has 0 aliphatic heterocycles. The van der Waals surface area contributed by atoms with Gasteiger partial charge in [-0.2, -0.15) is 18.3 Å². The van der Waals surface area contributed by atoms with Gasteiger partial charge in [0.2, 0.25) is 0 Å². The molecular weight excluding hydrogens is 255 g/mol. The molecule has 0 fully saturated rings. The maximum absolute atomic E-state index is 12.6. The number of hydrogen-bond acceptors (Lipinski definition) is 2. The third kappa shape index (κ3) is 5.22. The maximum Gasteiger partial charge on any atom is 0.419 e. The van der Waals surface area contributed by atoms with Crippen LogP contribution in [-0.4, -0.2) is 21.9 Å². The van der Waals surface area contributed by atoms with E-state index in [1.54, 1.807) is 0 Å². The van der Waals surface area contributed by atoms with Gasteiger partial charge in [-0.15, -0.1) is 0 Å². The molecule has 0 amide bonds. The minimum absolute atomic E-state index is 0.0553. The second-order valence-corrected chi connectivity index (χ2v) is 5.78. The van der Waals surface area contributed by atoms with Crippen molar-refractivity contribution < 1.29 is 13.2 Å². The predicted octanol–water partition coefficient (Wildman–Crippen LogP) is 3.63. The van der Waals surface area contributed by atoms with Crippen LogP contribution in [0, 0.1) is 0 Å². The average Bonchev–Trinajstić information content (AvgIpc) is 2.71. The monoisotopic (exact) mass is 277 g/mol. The van der Waals surface area contributed by atoms with Gasteiger partial charge in [-0.25, -0.2) is 0 Å². The Kier molecular flexibility index (Phi) is 5.01. The van der Waals surface area contributed by atoms with Crippen LogP contribution in [0.3, 0.4) is 0 Å². The molecule has 0 bridgehead atoms. The summed E-state index contributed by atoms with van der Waals surface area (Å²) in [4.78, 5) is 0. The van der Waals surface area contributed by atoms with E-state index in [1.165, 1.54) is 4.68 Å². The Morgan fingerprint density at radius 1 is 1.32 bits per heavy atom. The van der Waals surface area contributed by atoms with Crippen LogP contribution in [0.25, 0.3) is 0 Å². The lowest BCUT2D eigenvalue weighted by atomic mass is 10.1. The number of nitrogens with one attached hydrogen (secondary N) is 1. The van der Waals surface area contributed by atoms with Gasteiger partial charge in [0.25, 0.3) is 0 Å². The molecule has 1 rings (SSSR count). The highest BCUT2D eigenvalue weighted by molar-refractivity contribution is 5.09. The minimum Gasteiger partial charge on any atom is -0.310 e. The summed E-state index contributed by atoms with van der Waals surface area (Å²) in [6, 6.07) is -0.0553. The van der Waals surface area contributed by atoms with E-state index in [-0.39, 0.29) is 11.6 Å². The molecule has 0 saturated heterocycles. The topological polar surface area (TPSA) is 29.9 Å². The Labute approximate surface area is 112 Å². The minimum atomic E-state index is -4.33. The summed E-state index contributed by atoms with van der Waals surface area (Å²) in [5.41, 5.74) is -0.754. The average molecular weight is 277 g/mol. The molecule has 0 saturated carbocycles. The second kappa shape index (κ2) is 5.94. The van der Waals surface area contributed by atoms with E-state index in [0.717, 1.165) is 25.2 Å². The second-order valence-electron chi connectivity index (χ2n) is 5.78. The highest BCUT2D eigenvalue weighted by atomic mass is 19.4. The molecule has 19 heavy (non-hydrogen) atoms. The van der Waals surface area contributed by atoms with E-state index in [2.05, 4.69) is 10.4 Å². The molecule has 110 valence electrons. The molecule has 1 unspecified atom stereocenters. The summed E-state index contributed by atoms with van der Waals surface area (Å²) >= 11 is 0. The van der Waals surface area contributed by atoms with Crippen molar-refractivity contribution in [2.45, 2.75) is 58.3 Å². The first-order chi connectivity index (χ1) is 8.63. The van der Waals surface area contributed by atoms with Crippen LogP contribution in [0.15, 0.2) is 12.4 Å². The van der Waals surface area contributed by atoms with E-state index in [0.29, 0.717) is 6.54 Å². The zero-order chi connectivity index (χ0) is 14.7. The first kappa shape index (κ1) is 16.0. The molecule has 6 heteroatoms. The first-order valence-corrected chi connectivity index (χ1v) is 6.50. The van der Waals surface area contributed by atoms with Crippen molar-refractivity contribution in [2.75, 3.05) is 6.54 Å². The van der Waals surface area contributed by atoms with Gasteiger partial charge in [0.1, 0.15) is 0 Å². The molecule has 3 nitrogen and oxygen atoms in total. The van der Waals surface area contributed by atoms with E-state index >= 15 is 0 Å². The normalized spacial score (nSPS) is 14.7. The molecule has 0 radical (unpaired) electrons. The Hall–Kier alpha value is -1.04. The van der Waals surface area contributed by atoms with Crippen molar-refractivity contribution in [3.05, 3.63) is 18.0 Å². The quantitative estimate of drug-likeness (QED) is 0.890. The number of alkyl halides is 3. The number of nitrogens with zero attached hydrogens (tertiary/aromatic N) is 2. The Morgan fingerprint density at radius 2 is 1.95 bits per heavy atom. The van der Waals surface area contributed by atoms with Crippen molar-refractivity contribution in [1.29, 1.82) is 0 Å². The Balaban J connectivity index is 2.78. The molecule has 1 N–H and O–H groups in total. The molecule has 0 spiro atoms. The predicted molar refractivity (Wildman–Crippen MR) is 68.9 cm³/mol. The van der Waals surface area contributed by atoms with Crippen molar-refractivity contribution in [3.63, 3.8) is 0 Å². The number of hydrogen-bond donors (Lipinski definition) is 1. The van der Waals surface area contributed by atoms with Crippen LogP contribution in [0.1, 0.15) is 52.1 Å². The molecular formula is C13H22F3N3. The van der Waals surface area contributed by atoms with Crippen molar-refractivity contribution in [2.24, 2.45) is 0 Å². The maximum atomic E-state index is 12.6. The fourth-order valence-corrected chi connectivity index (χ4v) is 1.77. The van der Waals surface area contributed by atoms with Crippen LogP contribution < -0.4 is 5.32 Å². The standard InChI is InChI=1S/C13H22F3N3/c1-5-6-11(8-17-12(2,3)4)19-9-10(7-18-19)13(14,15)16/h7,9,11,17H,5-6,8H2,1-4H3. The molecule has 1 atom stereocenters. The van der Waals surface area contributed by atoms with Crippen molar-refractivity contribution in [3.8, 4) is 0 Å². The summed E-state index contributed by atoms with van der Waals surface area (Å²) in [5.74, 6) is 0. The van der Waals surface area contributed by atoms with Gasteiger partial charge < -0.3 is 5.32 Å². The Morgan fingerprint density at radius 3 is 2.37 bits per heavy atom. The highest BCUT2D eigenvalue weighted by Gasteiger charge is 2.32. The fourth-order valence-electron chi connectivity index (χ4n) is 1.77. The van der Waals surface area contributed by atoms with Gasteiger partial charge in [-0.1, -0.05) is 13.3 Å². The van der Waals surface area contributed by atoms with Crippen LogP contribution in [-0.2, 0) is 6.18 Å². The van der Waals surface area contributed by atoms with E-state index in [4.69, 9.17) is 0 Å². The first-order valence-electron chi connectivity index (χ1n) is 6.50. The third-order valence-electron chi connectivity index (χ3n) is 2.79. The van der Waals surface area contributed by atoms with E-state index in [9.17, 15) is 13.2 Å². The van der Waals surface area contributed by atoms with Gasteiger partial charge in [-0.05, 0) is 27.2 Å². The molecule has 0 aromatic carbocycles. The molecule has 0 aliphatic rings. The van der Waals surface area contributed by atoms with Gasteiger partial charge in [0, 0.05) is 18.3 Å². The van der Waals surface area contributed by atoms with Crippen LogP contribution >= 0.6 is 0 Å². The van der Waals surface area contributed by atoms with Crippen LogP contribution in [0.2, 0.25) is 0 Å². The smallest absolute Gasteiger partial charge is 0.310 e. The van der Waals surface area contributed by atoms with Crippen LogP contribution in [0.4, 0.5) is 13.2 Å². The van der Waals surface area contributed by atoms with Gasteiger partial charge in [0.05, 0.1) is 17.8 Å². The molecule has 1 aromatic heterocycles. The van der Waals surface area contributed by atoms with Crippen molar-refractivity contribution >= 4 is 0 Å². The zero-order valence-electron chi connectivity index (χ0n) is 11.9. The van der Waals surface area contributed by atoms with E-state index in [1.807, 2.05) is 27.7 Å². The van der Waals surface area contributed by atoms with Gasteiger partial charge >= 0.3 is 6.18 Å². The third-order valence-corrected chi connectivity index (χ3v) is 2.79. The van der Waals surface area contributed by atoms with Gasteiger partial charge in [0.15, 0.2) is 0 Å². The fraction of sp³-hybridized carbons (Fsp3) is 0.769. The number of rotatable bonds is 5. The summed E-state index contributed by atoms with van der Waals surface area (Å²) in [5, 5.41) is 7.17. The Bertz CT molecular complexity index is 391. The number of halogens is 3. The summed E-state index contributed by atoms with van der Waals surface area (Å²) < 4.78 is 39.1. The lowest BCUT2D eigenvalue weighted by Gasteiger charge is -2.25. The van der Waals surface area contributed by atoms with Gasteiger partial charge in [-0.3, -0.25) is 4.68 Å².